The SMILES string of the molecule is COC(=O)c1scc(C)c1S(=O)(=O)N(CC(C)C)C(C)C. The first-order chi connectivity index (χ1) is 9.62. The average Bonchev–Trinajstić information content (AvgIpc) is 2.77. The van der Waals surface area contributed by atoms with Crippen molar-refractivity contribution in [3.8, 4) is 0 Å². The lowest BCUT2D eigenvalue weighted by Gasteiger charge is -2.27. The van der Waals surface area contributed by atoms with E-state index in [0.717, 1.165) is 11.3 Å². The lowest BCUT2D eigenvalue weighted by atomic mass is 10.2. The summed E-state index contributed by atoms with van der Waals surface area (Å²) < 4.78 is 32.1. The highest BCUT2D eigenvalue weighted by atomic mass is 32.2. The lowest BCUT2D eigenvalue weighted by Crippen LogP contribution is -2.40. The molecular formula is C14H23NO4S2. The molecule has 1 aromatic rings. The van der Waals surface area contributed by atoms with E-state index in [1.807, 2.05) is 27.7 Å². The Balaban J connectivity index is 3.42. The molecule has 1 heterocycles. The molecule has 1 rings (SSSR count). The first-order valence-electron chi connectivity index (χ1n) is 6.81. The van der Waals surface area contributed by atoms with Gasteiger partial charge in [-0.2, -0.15) is 4.31 Å². The Kier molecular flexibility index (Phi) is 5.95. The summed E-state index contributed by atoms with van der Waals surface area (Å²) in [7, 11) is -2.47. The van der Waals surface area contributed by atoms with Crippen LogP contribution in [0.4, 0.5) is 0 Å². The Morgan fingerprint density at radius 1 is 1.33 bits per heavy atom. The third-order valence-corrected chi connectivity index (χ3v) is 6.41. The van der Waals surface area contributed by atoms with Gasteiger partial charge in [-0.05, 0) is 37.6 Å². The van der Waals surface area contributed by atoms with E-state index in [0.29, 0.717) is 12.1 Å². The molecule has 0 aliphatic heterocycles. The quantitative estimate of drug-likeness (QED) is 0.751. The molecule has 0 saturated heterocycles. The zero-order valence-corrected chi connectivity index (χ0v) is 15.0. The molecule has 0 unspecified atom stereocenters. The fraction of sp³-hybridized carbons (Fsp3) is 0.643. The molecule has 0 aliphatic carbocycles. The van der Waals surface area contributed by atoms with Crippen molar-refractivity contribution in [3.63, 3.8) is 0 Å². The van der Waals surface area contributed by atoms with Crippen molar-refractivity contribution in [2.75, 3.05) is 13.7 Å². The summed E-state index contributed by atoms with van der Waals surface area (Å²) in [5.41, 5.74) is 0.579. The Morgan fingerprint density at radius 3 is 2.33 bits per heavy atom. The van der Waals surface area contributed by atoms with E-state index in [9.17, 15) is 13.2 Å². The van der Waals surface area contributed by atoms with Crippen LogP contribution in [0.1, 0.15) is 42.9 Å². The van der Waals surface area contributed by atoms with Crippen LogP contribution in [0.25, 0.3) is 0 Å². The maximum absolute atomic E-state index is 13.0. The van der Waals surface area contributed by atoms with Crippen LogP contribution in [0.15, 0.2) is 10.3 Å². The van der Waals surface area contributed by atoms with E-state index in [1.165, 1.54) is 11.4 Å². The van der Waals surface area contributed by atoms with Gasteiger partial charge in [-0.1, -0.05) is 13.8 Å². The Bertz CT molecular complexity index is 602. The predicted octanol–water partition coefficient (Wildman–Crippen LogP) is 2.90. The molecule has 120 valence electrons. The third kappa shape index (κ3) is 3.84. The van der Waals surface area contributed by atoms with E-state index >= 15 is 0 Å². The Labute approximate surface area is 131 Å². The topological polar surface area (TPSA) is 63.7 Å². The van der Waals surface area contributed by atoms with Gasteiger partial charge in [0, 0.05) is 12.6 Å². The van der Waals surface area contributed by atoms with Crippen molar-refractivity contribution in [2.24, 2.45) is 5.92 Å². The standard InChI is InChI=1S/C14H23NO4S2/c1-9(2)7-15(10(3)4)21(17,18)13-11(5)8-20-12(13)14(16)19-6/h8-10H,7H2,1-6H3. The summed E-state index contributed by atoms with van der Waals surface area (Å²) in [5, 5.41) is 1.67. The molecule has 0 aliphatic rings. The molecule has 0 N–H and O–H groups in total. The third-order valence-electron chi connectivity index (χ3n) is 2.98. The van der Waals surface area contributed by atoms with E-state index in [-0.39, 0.29) is 21.7 Å². The van der Waals surface area contributed by atoms with Crippen LogP contribution in [-0.4, -0.2) is 38.4 Å². The molecule has 7 heteroatoms. The second-order valence-electron chi connectivity index (χ2n) is 5.63. The number of ether oxygens (including phenoxy) is 1. The largest absolute Gasteiger partial charge is 0.465 e. The highest BCUT2D eigenvalue weighted by molar-refractivity contribution is 7.89. The van der Waals surface area contributed by atoms with Crippen molar-refractivity contribution >= 4 is 27.3 Å². The number of nitrogens with zero attached hydrogens (tertiary/aromatic N) is 1. The molecule has 0 atom stereocenters. The molecule has 21 heavy (non-hydrogen) atoms. The smallest absolute Gasteiger partial charge is 0.349 e. The molecule has 0 spiro atoms. The maximum atomic E-state index is 13.0. The van der Waals surface area contributed by atoms with Crippen LogP contribution < -0.4 is 0 Å². The zero-order chi connectivity index (χ0) is 16.4. The van der Waals surface area contributed by atoms with Crippen LogP contribution in [0.2, 0.25) is 0 Å². The van der Waals surface area contributed by atoms with Crippen molar-refractivity contribution in [3.05, 3.63) is 15.8 Å². The van der Waals surface area contributed by atoms with Crippen LogP contribution in [0.3, 0.4) is 0 Å². The van der Waals surface area contributed by atoms with E-state index in [4.69, 9.17) is 4.74 Å². The average molecular weight is 333 g/mol. The predicted molar refractivity (Wildman–Crippen MR) is 84.3 cm³/mol. The van der Waals surface area contributed by atoms with E-state index in [2.05, 4.69) is 0 Å². The van der Waals surface area contributed by atoms with Gasteiger partial charge in [0.2, 0.25) is 10.0 Å². The van der Waals surface area contributed by atoms with Gasteiger partial charge in [0.25, 0.3) is 0 Å². The molecule has 5 nitrogen and oxygen atoms in total. The monoisotopic (exact) mass is 333 g/mol. The number of rotatable bonds is 6. The number of carbonyl (C=O) groups excluding carboxylic acids is 1. The van der Waals surface area contributed by atoms with Crippen molar-refractivity contribution < 1.29 is 17.9 Å². The number of esters is 1. The van der Waals surface area contributed by atoms with Gasteiger partial charge in [0.1, 0.15) is 9.77 Å². The van der Waals surface area contributed by atoms with Crippen LogP contribution in [-0.2, 0) is 14.8 Å². The summed E-state index contributed by atoms with van der Waals surface area (Å²) in [6, 6.07) is -0.179. The molecule has 0 saturated carbocycles. The first kappa shape index (κ1) is 18.1. The molecule has 0 aromatic carbocycles. The molecule has 0 amide bonds. The van der Waals surface area contributed by atoms with E-state index < -0.39 is 16.0 Å². The number of methoxy groups -OCH3 is 1. The number of thiophene rings is 1. The minimum atomic E-state index is -3.73. The van der Waals surface area contributed by atoms with Crippen LogP contribution >= 0.6 is 11.3 Å². The number of sulfonamides is 1. The summed E-state index contributed by atoms with van der Waals surface area (Å²) in [4.78, 5) is 12.0. The van der Waals surface area contributed by atoms with Crippen LogP contribution in [0, 0.1) is 12.8 Å². The van der Waals surface area contributed by atoms with Gasteiger partial charge in [-0.3, -0.25) is 0 Å². The normalized spacial score (nSPS) is 12.4. The minimum Gasteiger partial charge on any atom is -0.465 e. The van der Waals surface area contributed by atoms with E-state index in [1.54, 1.807) is 12.3 Å². The summed E-state index contributed by atoms with van der Waals surface area (Å²) >= 11 is 1.10. The number of hydrogen-bond donors (Lipinski definition) is 0. The molecule has 0 radical (unpaired) electrons. The highest BCUT2D eigenvalue weighted by Gasteiger charge is 2.34. The molecular weight excluding hydrogens is 310 g/mol. The Hall–Kier alpha value is -0.920. The fourth-order valence-corrected chi connectivity index (χ4v) is 5.51. The van der Waals surface area contributed by atoms with Crippen molar-refractivity contribution in [1.82, 2.24) is 4.31 Å². The van der Waals surface area contributed by atoms with Gasteiger partial charge >= 0.3 is 5.97 Å². The van der Waals surface area contributed by atoms with Gasteiger partial charge in [0.15, 0.2) is 0 Å². The second-order valence-corrected chi connectivity index (χ2v) is 8.34. The maximum Gasteiger partial charge on any atom is 0.349 e. The fourth-order valence-electron chi connectivity index (χ4n) is 2.05. The van der Waals surface area contributed by atoms with Gasteiger partial charge in [-0.15, -0.1) is 11.3 Å². The number of aryl methyl sites for hydroxylation is 1. The first-order valence-corrected chi connectivity index (χ1v) is 9.13. The Morgan fingerprint density at radius 2 is 1.90 bits per heavy atom. The zero-order valence-electron chi connectivity index (χ0n) is 13.3. The lowest BCUT2D eigenvalue weighted by molar-refractivity contribution is 0.0602. The minimum absolute atomic E-state index is 0.0775. The molecule has 0 fully saturated rings. The summed E-state index contributed by atoms with van der Waals surface area (Å²) in [6.07, 6.45) is 0. The second kappa shape index (κ2) is 6.89. The van der Waals surface area contributed by atoms with Gasteiger partial charge < -0.3 is 4.74 Å². The number of carbonyl (C=O) groups is 1. The van der Waals surface area contributed by atoms with Crippen molar-refractivity contribution in [2.45, 2.75) is 45.6 Å². The van der Waals surface area contributed by atoms with Gasteiger partial charge in [-0.25, -0.2) is 13.2 Å². The van der Waals surface area contributed by atoms with Crippen molar-refractivity contribution in [1.29, 1.82) is 0 Å². The number of hydrogen-bond acceptors (Lipinski definition) is 5. The summed E-state index contributed by atoms with van der Waals surface area (Å²) in [6.45, 7) is 9.71. The molecule has 1 aromatic heterocycles. The highest BCUT2D eigenvalue weighted by Crippen LogP contribution is 2.31. The molecule has 0 bridgehead atoms. The van der Waals surface area contributed by atoms with Crippen LogP contribution in [0.5, 0.6) is 0 Å². The van der Waals surface area contributed by atoms with Gasteiger partial charge in [0.05, 0.1) is 7.11 Å². The summed E-state index contributed by atoms with van der Waals surface area (Å²) in [5.74, 6) is -0.414.